The third kappa shape index (κ3) is 6.09. The molecule has 0 radical (unpaired) electrons. The summed E-state index contributed by atoms with van der Waals surface area (Å²) in [4.78, 5) is 7.41. The Morgan fingerprint density at radius 2 is 1.67 bits per heavy atom. The standard InChI is InChI=1S/C17H33N3S/c1-20(13-8-14-21)17(18-15-9-4-2-5-10-15)19-16-11-6-3-7-12-16/h15-16,21H,2-14H2,1H3,(H,18,19). The first kappa shape index (κ1) is 17.0. The van der Waals surface area contributed by atoms with E-state index < -0.39 is 0 Å². The van der Waals surface area contributed by atoms with Crippen LogP contribution in [0.1, 0.15) is 70.6 Å². The number of rotatable bonds is 5. The number of nitrogens with one attached hydrogen (secondary N) is 1. The van der Waals surface area contributed by atoms with Gasteiger partial charge in [-0.05, 0) is 37.9 Å². The molecule has 4 heteroatoms. The van der Waals surface area contributed by atoms with Crippen molar-refractivity contribution in [1.29, 1.82) is 0 Å². The molecule has 2 rings (SSSR count). The van der Waals surface area contributed by atoms with E-state index in [0.29, 0.717) is 12.1 Å². The summed E-state index contributed by atoms with van der Waals surface area (Å²) in [7, 11) is 2.18. The Bertz CT molecular complexity index is 307. The highest BCUT2D eigenvalue weighted by atomic mass is 32.1. The topological polar surface area (TPSA) is 27.6 Å². The molecule has 3 nitrogen and oxygen atoms in total. The van der Waals surface area contributed by atoms with Gasteiger partial charge in [-0.3, -0.25) is 0 Å². The normalized spacial score (nSPS) is 22.3. The molecule has 0 aromatic rings. The summed E-state index contributed by atoms with van der Waals surface area (Å²) in [6, 6.07) is 1.18. The lowest BCUT2D eigenvalue weighted by Gasteiger charge is -2.31. The van der Waals surface area contributed by atoms with E-state index in [1.165, 1.54) is 64.2 Å². The summed E-state index contributed by atoms with van der Waals surface area (Å²) >= 11 is 4.34. The van der Waals surface area contributed by atoms with Crippen LogP contribution in [0.15, 0.2) is 4.99 Å². The van der Waals surface area contributed by atoms with Crippen molar-refractivity contribution in [1.82, 2.24) is 10.2 Å². The molecule has 0 aromatic heterocycles. The lowest BCUT2D eigenvalue weighted by Crippen LogP contribution is -2.46. The monoisotopic (exact) mass is 311 g/mol. The molecule has 0 aliphatic heterocycles. The molecule has 2 saturated carbocycles. The number of guanidine groups is 1. The minimum absolute atomic E-state index is 0.545. The van der Waals surface area contributed by atoms with Gasteiger partial charge in [0.1, 0.15) is 0 Å². The number of thiol groups is 1. The second-order valence-electron chi connectivity index (χ2n) is 6.72. The van der Waals surface area contributed by atoms with E-state index in [1.54, 1.807) is 0 Å². The summed E-state index contributed by atoms with van der Waals surface area (Å²) in [5.74, 6) is 2.10. The van der Waals surface area contributed by atoms with Gasteiger partial charge >= 0.3 is 0 Å². The number of hydrogen-bond acceptors (Lipinski definition) is 2. The van der Waals surface area contributed by atoms with Gasteiger partial charge < -0.3 is 10.2 Å². The predicted octanol–water partition coefficient (Wildman–Crippen LogP) is 3.85. The van der Waals surface area contributed by atoms with Crippen LogP contribution in [0.2, 0.25) is 0 Å². The minimum Gasteiger partial charge on any atom is -0.354 e. The van der Waals surface area contributed by atoms with E-state index in [-0.39, 0.29) is 0 Å². The van der Waals surface area contributed by atoms with Crippen molar-refractivity contribution in [2.24, 2.45) is 4.99 Å². The fourth-order valence-corrected chi connectivity index (χ4v) is 3.61. The van der Waals surface area contributed by atoms with Gasteiger partial charge in [-0.2, -0.15) is 12.6 Å². The molecule has 2 aliphatic carbocycles. The molecule has 0 saturated heterocycles. The minimum atomic E-state index is 0.545. The predicted molar refractivity (Wildman–Crippen MR) is 95.4 cm³/mol. The molecule has 2 aliphatic rings. The highest BCUT2D eigenvalue weighted by Crippen LogP contribution is 2.21. The molecule has 2 fully saturated rings. The van der Waals surface area contributed by atoms with Crippen LogP contribution in [-0.2, 0) is 0 Å². The first-order chi connectivity index (χ1) is 10.3. The second-order valence-corrected chi connectivity index (χ2v) is 7.17. The Balaban J connectivity index is 1.95. The molecule has 122 valence electrons. The van der Waals surface area contributed by atoms with Crippen molar-refractivity contribution in [3.8, 4) is 0 Å². The van der Waals surface area contributed by atoms with E-state index in [4.69, 9.17) is 4.99 Å². The van der Waals surface area contributed by atoms with Crippen molar-refractivity contribution < 1.29 is 0 Å². The Labute approximate surface area is 136 Å². The Morgan fingerprint density at radius 3 is 2.29 bits per heavy atom. The first-order valence-electron chi connectivity index (χ1n) is 8.96. The van der Waals surface area contributed by atoms with E-state index in [0.717, 1.165) is 24.7 Å². The van der Waals surface area contributed by atoms with E-state index in [1.807, 2.05) is 0 Å². The zero-order valence-corrected chi connectivity index (χ0v) is 14.6. The zero-order valence-electron chi connectivity index (χ0n) is 13.7. The van der Waals surface area contributed by atoms with Crippen LogP contribution < -0.4 is 5.32 Å². The maximum Gasteiger partial charge on any atom is 0.194 e. The lowest BCUT2D eigenvalue weighted by atomic mass is 9.95. The summed E-state index contributed by atoms with van der Waals surface area (Å²) in [6.07, 6.45) is 14.5. The molecule has 21 heavy (non-hydrogen) atoms. The average molecular weight is 312 g/mol. The molecule has 0 spiro atoms. The summed E-state index contributed by atoms with van der Waals surface area (Å²) in [6.45, 7) is 1.05. The summed E-state index contributed by atoms with van der Waals surface area (Å²) < 4.78 is 0. The van der Waals surface area contributed by atoms with Gasteiger partial charge in [0.15, 0.2) is 5.96 Å². The van der Waals surface area contributed by atoms with Crippen LogP contribution in [0.5, 0.6) is 0 Å². The number of hydrogen-bond donors (Lipinski definition) is 2. The van der Waals surface area contributed by atoms with E-state index >= 15 is 0 Å². The van der Waals surface area contributed by atoms with Gasteiger partial charge in [-0.15, -0.1) is 0 Å². The second kappa shape index (κ2) is 9.60. The van der Waals surface area contributed by atoms with Crippen LogP contribution in [-0.4, -0.2) is 42.3 Å². The number of aliphatic imine (C=N–C) groups is 1. The van der Waals surface area contributed by atoms with Crippen LogP contribution in [0.3, 0.4) is 0 Å². The van der Waals surface area contributed by atoms with Crippen LogP contribution in [0.4, 0.5) is 0 Å². The van der Waals surface area contributed by atoms with E-state index in [9.17, 15) is 0 Å². The van der Waals surface area contributed by atoms with Gasteiger partial charge in [0, 0.05) is 19.6 Å². The molecule has 0 amide bonds. The Kier molecular flexibility index (Phi) is 7.76. The van der Waals surface area contributed by atoms with Crippen molar-refractivity contribution >= 4 is 18.6 Å². The van der Waals surface area contributed by atoms with Gasteiger partial charge in [-0.25, -0.2) is 4.99 Å². The van der Waals surface area contributed by atoms with Crippen LogP contribution >= 0.6 is 12.6 Å². The quantitative estimate of drug-likeness (QED) is 0.458. The van der Waals surface area contributed by atoms with Crippen LogP contribution in [0.25, 0.3) is 0 Å². The molecular weight excluding hydrogens is 278 g/mol. The van der Waals surface area contributed by atoms with Crippen LogP contribution in [0, 0.1) is 0 Å². The van der Waals surface area contributed by atoms with E-state index in [2.05, 4.69) is 29.9 Å². The molecule has 0 atom stereocenters. The van der Waals surface area contributed by atoms with Gasteiger partial charge in [0.25, 0.3) is 0 Å². The van der Waals surface area contributed by atoms with Gasteiger partial charge in [-0.1, -0.05) is 38.5 Å². The maximum absolute atomic E-state index is 5.09. The van der Waals surface area contributed by atoms with Crippen molar-refractivity contribution in [2.45, 2.75) is 82.7 Å². The summed E-state index contributed by atoms with van der Waals surface area (Å²) in [5.41, 5.74) is 0. The van der Waals surface area contributed by atoms with Crippen molar-refractivity contribution in [3.05, 3.63) is 0 Å². The van der Waals surface area contributed by atoms with Gasteiger partial charge in [0.2, 0.25) is 0 Å². The third-order valence-corrected chi connectivity index (χ3v) is 5.15. The Hall–Kier alpha value is -0.380. The number of nitrogens with zero attached hydrogens (tertiary/aromatic N) is 2. The van der Waals surface area contributed by atoms with Gasteiger partial charge in [0.05, 0.1) is 6.04 Å². The molecule has 0 bridgehead atoms. The lowest BCUT2D eigenvalue weighted by molar-refractivity contribution is 0.380. The van der Waals surface area contributed by atoms with Crippen molar-refractivity contribution in [2.75, 3.05) is 19.3 Å². The maximum atomic E-state index is 5.09. The zero-order chi connectivity index (χ0) is 14.9. The molecule has 0 unspecified atom stereocenters. The smallest absolute Gasteiger partial charge is 0.194 e. The highest BCUT2D eigenvalue weighted by Gasteiger charge is 2.19. The fraction of sp³-hybridized carbons (Fsp3) is 0.941. The molecule has 0 aromatic carbocycles. The van der Waals surface area contributed by atoms with Crippen molar-refractivity contribution in [3.63, 3.8) is 0 Å². The SMILES string of the molecule is CN(CCCS)/C(=N/C1CCCCC1)NC1CCCCC1. The third-order valence-electron chi connectivity index (χ3n) is 4.83. The highest BCUT2D eigenvalue weighted by molar-refractivity contribution is 7.80. The molecular formula is C17H33N3S. The Morgan fingerprint density at radius 1 is 1.05 bits per heavy atom. The largest absolute Gasteiger partial charge is 0.354 e. The molecule has 1 N–H and O–H groups in total. The first-order valence-corrected chi connectivity index (χ1v) is 9.59. The summed E-state index contributed by atoms with van der Waals surface area (Å²) in [5, 5.41) is 3.76. The fourth-order valence-electron chi connectivity index (χ4n) is 3.47. The molecule has 0 heterocycles. The average Bonchev–Trinajstić information content (AvgIpc) is 2.54.